The second-order valence-electron chi connectivity index (χ2n) is 6.64. The maximum atomic E-state index is 13.9. The molecule has 3 amide bonds. The third-order valence-electron chi connectivity index (χ3n) is 4.52. The number of amides is 3. The molecule has 3 aromatic rings. The Balaban J connectivity index is 1.66. The molecule has 0 atom stereocenters. The Kier molecular flexibility index (Phi) is 8.44. The fourth-order valence-electron chi connectivity index (χ4n) is 2.88. The molecule has 0 saturated carbocycles. The molecule has 0 aromatic heterocycles. The van der Waals surface area contributed by atoms with Crippen molar-refractivity contribution in [2.45, 2.75) is 4.90 Å². The number of benzene rings is 3. The van der Waals surface area contributed by atoms with E-state index in [4.69, 9.17) is 25.8 Å². The van der Waals surface area contributed by atoms with Crippen LogP contribution in [0.5, 0.6) is 17.2 Å². The van der Waals surface area contributed by atoms with Gasteiger partial charge in [-0.2, -0.15) is 0 Å². The topological polar surface area (TPSA) is 97.9 Å². The largest absolute Gasteiger partial charge is 0.495 e. The maximum absolute atomic E-state index is 13.9. The number of hydrogen-bond donors (Lipinski definition) is 3. The number of anilines is 2. The molecule has 0 aliphatic rings. The first kappa shape index (κ1) is 25.0. The number of halogens is 2. The SMILES string of the molecule is COc1cc(OC)c(SNC(=O)Nc2ccc(NC(=O)c3ccccc3F)c(OC)c2)cc1Cl. The number of carbonyl (C=O) groups is 2. The molecular formula is C23H21ClFN3O5S. The number of ether oxygens (including phenoxy) is 3. The van der Waals surface area contributed by atoms with E-state index in [1.54, 1.807) is 24.3 Å². The van der Waals surface area contributed by atoms with Gasteiger partial charge in [-0.15, -0.1) is 0 Å². The van der Waals surface area contributed by atoms with Crippen molar-refractivity contribution in [3.8, 4) is 17.2 Å². The van der Waals surface area contributed by atoms with Crippen molar-refractivity contribution in [1.82, 2.24) is 4.72 Å². The summed E-state index contributed by atoms with van der Waals surface area (Å²) in [5.41, 5.74) is 0.615. The average molecular weight is 506 g/mol. The lowest BCUT2D eigenvalue weighted by molar-refractivity contribution is 0.102. The molecular weight excluding hydrogens is 485 g/mol. The van der Waals surface area contributed by atoms with Gasteiger partial charge in [-0.05, 0) is 42.3 Å². The van der Waals surface area contributed by atoms with E-state index in [2.05, 4.69) is 15.4 Å². The Labute approximate surface area is 204 Å². The molecule has 0 aliphatic heterocycles. The minimum absolute atomic E-state index is 0.0998. The highest BCUT2D eigenvalue weighted by atomic mass is 35.5. The predicted octanol–water partition coefficient (Wildman–Crippen LogP) is 5.59. The van der Waals surface area contributed by atoms with Crippen molar-refractivity contribution in [3.63, 3.8) is 0 Å². The molecule has 0 spiro atoms. The fraction of sp³-hybridized carbons (Fsp3) is 0.130. The Morgan fingerprint density at radius 1 is 0.882 bits per heavy atom. The fourth-order valence-corrected chi connectivity index (χ4v) is 3.86. The van der Waals surface area contributed by atoms with Crippen molar-refractivity contribution in [2.24, 2.45) is 0 Å². The van der Waals surface area contributed by atoms with Gasteiger partial charge in [0.25, 0.3) is 5.91 Å². The van der Waals surface area contributed by atoms with Gasteiger partial charge in [0.2, 0.25) is 0 Å². The first-order valence-corrected chi connectivity index (χ1v) is 10.9. The number of rotatable bonds is 8. The van der Waals surface area contributed by atoms with Crippen LogP contribution in [-0.4, -0.2) is 33.3 Å². The van der Waals surface area contributed by atoms with Gasteiger partial charge in [-0.3, -0.25) is 9.52 Å². The van der Waals surface area contributed by atoms with Gasteiger partial charge in [-0.25, -0.2) is 9.18 Å². The van der Waals surface area contributed by atoms with Crippen molar-refractivity contribution in [1.29, 1.82) is 0 Å². The monoisotopic (exact) mass is 505 g/mol. The highest BCUT2D eigenvalue weighted by Gasteiger charge is 2.15. The van der Waals surface area contributed by atoms with E-state index in [-0.39, 0.29) is 11.3 Å². The quantitative estimate of drug-likeness (QED) is 0.345. The van der Waals surface area contributed by atoms with E-state index < -0.39 is 17.8 Å². The summed E-state index contributed by atoms with van der Waals surface area (Å²) >= 11 is 7.15. The zero-order valence-electron chi connectivity index (χ0n) is 18.4. The first-order chi connectivity index (χ1) is 16.4. The lowest BCUT2D eigenvalue weighted by Crippen LogP contribution is -2.22. The molecule has 11 heteroatoms. The smallest absolute Gasteiger partial charge is 0.329 e. The van der Waals surface area contributed by atoms with E-state index in [9.17, 15) is 14.0 Å². The van der Waals surface area contributed by atoms with Crippen molar-refractivity contribution < 1.29 is 28.2 Å². The molecule has 0 radical (unpaired) electrons. The van der Waals surface area contributed by atoms with Crippen LogP contribution >= 0.6 is 23.5 Å². The predicted molar refractivity (Wildman–Crippen MR) is 130 cm³/mol. The zero-order chi connectivity index (χ0) is 24.7. The molecule has 0 fully saturated rings. The second kappa shape index (κ2) is 11.5. The highest BCUT2D eigenvalue weighted by molar-refractivity contribution is 7.98. The molecule has 3 N–H and O–H groups in total. The van der Waals surface area contributed by atoms with Gasteiger partial charge in [0.15, 0.2) is 0 Å². The standard InChI is InChI=1S/C23H21ClFN3O5S/c1-31-18-12-20(33-3)21(11-15(18)24)34-28-23(30)26-13-8-9-17(19(10-13)32-2)27-22(29)14-6-4-5-7-16(14)25/h4-12H,1-3H3,(H,27,29)(H2,26,28,30). The lowest BCUT2D eigenvalue weighted by Gasteiger charge is -2.14. The van der Waals surface area contributed by atoms with Crippen LogP contribution in [0.15, 0.2) is 59.5 Å². The molecule has 0 bridgehead atoms. The minimum Gasteiger partial charge on any atom is -0.495 e. The summed E-state index contributed by atoms with van der Waals surface area (Å²) in [6.45, 7) is 0. The van der Waals surface area contributed by atoms with Gasteiger partial charge < -0.3 is 24.8 Å². The highest BCUT2D eigenvalue weighted by Crippen LogP contribution is 2.37. The van der Waals surface area contributed by atoms with E-state index >= 15 is 0 Å². The summed E-state index contributed by atoms with van der Waals surface area (Å²) in [6.07, 6.45) is 0. The summed E-state index contributed by atoms with van der Waals surface area (Å²) in [5.74, 6) is -0.0666. The summed E-state index contributed by atoms with van der Waals surface area (Å²) < 4.78 is 32.3. The van der Waals surface area contributed by atoms with Crippen molar-refractivity contribution >= 4 is 46.9 Å². The van der Waals surface area contributed by atoms with Crippen LogP contribution in [0.2, 0.25) is 5.02 Å². The van der Waals surface area contributed by atoms with Gasteiger partial charge in [0.05, 0.1) is 42.5 Å². The van der Waals surface area contributed by atoms with Crippen LogP contribution in [0, 0.1) is 5.82 Å². The Bertz CT molecular complexity index is 1210. The number of hydrogen-bond acceptors (Lipinski definition) is 6. The molecule has 178 valence electrons. The zero-order valence-corrected chi connectivity index (χ0v) is 20.0. The second-order valence-corrected chi connectivity index (χ2v) is 7.90. The minimum atomic E-state index is -0.638. The number of methoxy groups -OCH3 is 3. The van der Waals surface area contributed by atoms with Crippen molar-refractivity contribution in [2.75, 3.05) is 32.0 Å². The van der Waals surface area contributed by atoms with Gasteiger partial charge >= 0.3 is 6.03 Å². The molecule has 0 aliphatic carbocycles. The summed E-state index contributed by atoms with van der Waals surface area (Å²) in [7, 11) is 4.39. The molecule has 34 heavy (non-hydrogen) atoms. The summed E-state index contributed by atoms with van der Waals surface area (Å²) in [6, 6.07) is 13.0. The van der Waals surface area contributed by atoms with Crippen LogP contribution in [0.1, 0.15) is 10.4 Å². The number of nitrogens with one attached hydrogen (secondary N) is 3. The van der Waals surface area contributed by atoms with Crippen LogP contribution in [0.3, 0.4) is 0 Å². The molecule has 3 rings (SSSR count). The van der Waals surface area contributed by atoms with E-state index in [1.165, 1.54) is 51.7 Å². The first-order valence-electron chi connectivity index (χ1n) is 9.75. The van der Waals surface area contributed by atoms with Crippen LogP contribution in [-0.2, 0) is 0 Å². The van der Waals surface area contributed by atoms with E-state index in [1.807, 2.05) is 0 Å². The Hall–Kier alpha value is -3.63. The van der Waals surface area contributed by atoms with Crippen LogP contribution in [0.4, 0.5) is 20.6 Å². The van der Waals surface area contributed by atoms with Gasteiger partial charge in [0.1, 0.15) is 23.1 Å². The normalized spacial score (nSPS) is 10.3. The molecule has 0 heterocycles. The van der Waals surface area contributed by atoms with Crippen LogP contribution in [0.25, 0.3) is 0 Å². The summed E-state index contributed by atoms with van der Waals surface area (Å²) in [5, 5.41) is 5.63. The lowest BCUT2D eigenvalue weighted by atomic mass is 10.2. The van der Waals surface area contributed by atoms with Gasteiger partial charge in [0, 0.05) is 17.8 Å². The van der Waals surface area contributed by atoms with E-state index in [0.717, 1.165) is 11.9 Å². The Morgan fingerprint density at radius 3 is 2.26 bits per heavy atom. The van der Waals surface area contributed by atoms with Crippen molar-refractivity contribution in [3.05, 3.63) is 71.0 Å². The maximum Gasteiger partial charge on any atom is 0.329 e. The van der Waals surface area contributed by atoms with Crippen LogP contribution < -0.4 is 29.6 Å². The Morgan fingerprint density at radius 2 is 1.59 bits per heavy atom. The third kappa shape index (κ3) is 6.03. The molecule has 0 unspecified atom stereocenters. The third-order valence-corrected chi connectivity index (χ3v) is 5.64. The van der Waals surface area contributed by atoms with E-state index in [0.29, 0.717) is 32.8 Å². The average Bonchev–Trinajstić information content (AvgIpc) is 2.83. The number of carbonyl (C=O) groups excluding carboxylic acids is 2. The van der Waals surface area contributed by atoms with Gasteiger partial charge in [-0.1, -0.05) is 23.7 Å². The molecule has 3 aromatic carbocycles. The summed E-state index contributed by atoms with van der Waals surface area (Å²) in [4.78, 5) is 25.3. The molecule has 0 saturated heterocycles. The molecule has 8 nitrogen and oxygen atoms in total. The number of urea groups is 1.